The van der Waals surface area contributed by atoms with Crippen LogP contribution in [0.5, 0.6) is 0 Å². The van der Waals surface area contributed by atoms with E-state index >= 15 is 0 Å². The molecule has 2 aromatic rings. The summed E-state index contributed by atoms with van der Waals surface area (Å²) in [4.78, 5) is 0. The van der Waals surface area contributed by atoms with Gasteiger partial charge in [-0.2, -0.15) is 13.5 Å². The summed E-state index contributed by atoms with van der Waals surface area (Å²) in [7, 11) is -3.79. The van der Waals surface area contributed by atoms with Crippen LogP contribution < -0.4 is 10.0 Å². The van der Waals surface area contributed by atoms with Crippen molar-refractivity contribution in [3.8, 4) is 0 Å². The van der Waals surface area contributed by atoms with Crippen LogP contribution in [0.1, 0.15) is 12.5 Å². The fraction of sp³-hybridized carbons (Fsp3) is 0.250. The van der Waals surface area contributed by atoms with Crippen LogP contribution in [0.15, 0.2) is 29.4 Å². The van der Waals surface area contributed by atoms with Crippen LogP contribution in [-0.2, 0) is 16.6 Å². The highest BCUT2D eigenvalue weighted by Gasteiger charge is 2.21. The van der Waals surface area contributed by atoms with E-state index < -0.39 is 10.0 Å². The summed E-state index contributed by atoms with van der Waals surface area (Å²) in [5.41, 5.74) is 0.842. The minimum atomic E-state index is -3.79. The molecule has 2 rings (SSSR count). The SMILES string of the molecule is CCNCc1cn[nH]c1S(=O)(=O)Nc1cc(Cl)cc(Cl)c1. The Kier molecular flexibility index (Phi) is 5.10. The zero-order valence-corrected chi connectivity index (χ0v) is 13.5. The lowest BCUT2D eigenvalue weighted by molar-refractivity contribution is 0.594. The molecule has 0 bridgehead atoms. The maximum absolute atomic E-state index is 12.4. The van der Waals surface area contributed by atoms with Gasteiger partial charge < -0.3 is 5.32 Å². The molecule has 0 fully saturated rings. The van der Waals surface area contributed by atoms with Crippen molar-refractivity contribution in [2.24, 2.45) is 0 Å². The number of nitrogens with zero attached hydrogens (tertiary/aromatic N) is 1. The Bertz CT molecular complexity index is 710. The molecule has 0 spiro atoms. The van der Waals surface area contributed by atoms with Gasteiger partial charge >= 0.3 is 0 Å². The van der Waals surface area contributed by atoms with Gasteiger partial charge in [0.15, 0.2) is 5.03 Å². The van der Waals surface area contributed by atoms with Crippen molar-refractivity contribution in [3.05, 3.63) is 40.0 Å². The van der Waals surface area contributed by atoms with Crippen molar-refractivity contribution in [2.75, 3.05) is 11.3 Å². The van der Waals surface area contributed by atoms with Gasteiger partial charge in [0.2, 0.25) is 0 Å². The van der Waals surface area contributed by atoms with Gasteiger partial charge in [-0.25, -0.2) is 0 Å². The number of nitrogens with one attached hydrogen (secondary N) is 3. The molecule has 0 saturated carbocycles. The molecule has 1 aromatic carbocycles. The predicted molar refractivity (Wildman–Crippen MR) is 83.2 cm³/mol. The number of sulfonamides is 1. The molecule has 9 heteroatoms. The fourth-order valence-electron chi connectivity index (χ4n) is 1.74. The number of aromatic nitrogens is 2. The molecular weight excluding hydrogens is 335 g/mol. The van der Waals surface area contributed by atoms with Crippen LogP contribution >= 0.6 is 23.2 Å². The standard InChI is InChI=1S/C12H14Cl2N4O2S/c1-2-15-6-8-7-16-17-12(8)21(19,20)18-11-4-9(13)3-10(14)5-11/h3-5,7,15,18H,2,6H2,1H3,(H,16,17). The lowest BCUT2D eigenvalue weighted by Gasteiger charge is -2.09. The molecule has 0 saturated heterocycles. The van der Waals surface area contributed by atoms with Crippen LogP contribution in [0.3, 0.4) is 0 Å². The lowest BCUT2D eigenvalue weighted by atomic mass is 10.3. The van der Waals surface area contributed by atoms with Crippen molar-refractivity contribution in [2.45, 2.75) is 18.5 Å². The second-order valence-corrected chi connectivity index (χ2v) is 6.76. The van der Waals surface area contributed by atoms with Gasteiger partial charge in [0.05, 0.1) is 11.9 Å². The number of halogens is 2. The highest BCUT2D eigenvalue weighted by atomic mass is 35.5. The normalized spacial score (nSPS) is 11.6. The van der Waals surface area contributed by atoms with Gasteiger partial charge in [0.25, 0.3) is 10.0 Å². The summed E-state index contributed by atoms with van der Waals surface area (Å²) >= 11 is 11.7. The second-order valence-electron chi connectivity index (χ2n) is 4.27. The number of hydrogen-bond donors (Lipinski definition) is 3. The zero-order chi connectivity index (χ0) is 15.5. The Labute approximate surface area is 132 Å². The molecule has 1 heterocycles. The molecule has 6 nitrogen and oxygen atoms in total. The van der Waals surface area contributed by atoms with E-state index in [2.05, 4.69) is 20.2 Å². The number of hydrogen-bond acceptors (Lipinski definition) is 4. The highest BCUT2D eigenvalue weighted by Crippen LogP contribution is 2.25. The summed E-state index contributed by atoms with van der Waals surface area (Å²) in [6, 6.07) is 4.48. The summed E-state index contributed by atoms with van der Waals surface area (Å²) in [6.45, 7) is 3.06. The molecule has 0 atom stereocenters. The molecule has 0 aliphatic heterocycles. The van der Waals surface area contributed by atoms with Crippen LogP contribution in [0.2, 0.25) is 10.0 Å². The maximum atomic E-state index is 12.4. The van der Waals surface area contributed by atoms with E-state index in [1.54, 1.807) is 0 Å². The number of aromatic amines is 1. The first-order valence-electron chi connectivity index (χ1n) is 6.14. The Morgan fingerprint density at radius 2 is 1.90 bits per heavy atom. The Morgan fingerprint density at radius 1 is 1.24 bits per heavy atom. The third-order valence-electron chi connectivity index (χ3n) is 2.63. The molecule has 1 aromatic heterocycles. The van der Waals surface area contributed by atoms with Crippen LogP contribution in [-0.4, -0.2) is 25.2 Å². The van der Waals surface area contributed by atoms with E-state index in [-0.39, 0.29) is 10.7 Å². The van der Waals surface area contributed by atoms with Crippen molar-refractivity contribution in [1.29, 1.82) is 0 Å². The van der Waals surface area contributed by atoms with E-state index in [4.69, 9.17) is 23.2 Å². The summed E-state index contributed by atoms with van der Waals surface area (Å²) in [5, 5.41) is 10.0. The van der Waals surface area contributed by atoms with Crippen molar-refractivity contribution >= 4 is 38.9 Å². The number of rotatable bonds is 6. The van der Waals surface area contributed by atoms with E-state index in [1.807, 2.05) is 6.92 Å². The van der Waals surface area contributed by atoms with Crippen molar-refractivity contribution < 1.29 is 8.42 Å². The first-order valence-corrected chi connectivity index (χ1v) is 8.38. The molecule has 0 aliphatic carbocycles. The van der Waals surface area contributed by atoms with Crippen molar-refractivity contribution in [3.63, 3.8) is 0 Å². The maximum Gasteiger partial charge on any atom is 0.279 e. The summed E-state index contributed by atoms with van der Waals surface area (Å²) < 4.78 is 27.2. The molecule has 0 radical (unpaired) electrons. The van der Waals surface area contributed by atoms with Gasteiger partial charge in [-0.15, -0.1) is 0 Å². The minimum absolute atomic E-state index is 0.0135. The van der Waals surface area contributed by atoms with E-state index in [0.717, 1.165) is 6.54 Å². The van der Waals surface area contributed by atoms with Gasteiger partial charge in [-0.3, -0.25) is 9.82 Å². The summed E-state index contributed by atoms with van der Waals surface area (Å²) in [5.74, 6) is 0. The lowest BCUT2D eigenvalue weighted by Crippen LogP contribution is -2.18. The van der Waals surface area contributed by atoms with Crippen molar-refractivity contribution in [1.82, 2.24) is 15.5 Å². The minimum Gasteiger partial charge on any atom is -0.313 e. The third kappa shape index (κ3) is 4.10. The van der Waals surface area contributed by atoms with E-state index in [9.17, 15) is 8.42 Å². The fourth-order valence-corrected chi connectivity index (χ4v) is 3.44. The molecule has 114 valence electrons. The number of H-pyrrole nitrogens is 1. The highest BCUT2D eigenvalue weighted by molar-refractivity contribution is 7.92. The van der Waals surface area contributed by atoms with Gasteiger partial charge in [0, 0.05) is 22.2 Å². The molecular formula is C12H14Cl2N4O2S. The Balaban J connectivity index is 2.28. The van der Waals surface area contributed by atoms with Gasteiger partial charge in [-0.05, 0) is 24.7 Å². The van der Waals surface area contributed by atoms with Crippen LogP contribution in [0, 0.1) is 0 Å². The largest absolute Gasteiger partial charge is 0.313 e. The molecule has 0 unspecified atom stereocenters. The summed E-state index contributed by atoms with van der Waals surface area (Å²) in [6.07, 6.45) is 1.47. The number of benzene rings is 1. The number of anilines is 1. The third-order valence-corrected chi connectivity index (χ3v) is 4.46. The second kappa shape index (κ2) is 6.65. The predicted octanol–water partition coefficient (Wildman–Crippen LogP) is 2.63. The van der Waals surface area contributed by atoms with E-state index in [0.29, 0.717) is 22.2 Å². The van der Waals surface area contributed by atoms with Gasteiger partial charge in [-0.1, -0.05) is 30.1 Å². The monoisotopic (exact) mass is 348 g/mol. The average Bonchev–Trinajstić information content (AvgIpc) is 2.83. The first-order chi connectivity index (χ1) is 9.92. The Hall–Kier alpha value is -1.28. The average molecular weight is 349 g/mol. The molecule has 3 N–H and O–H groups in total. The first kappa shape index (κ1) is 16.1. The van der Waals surface area contributed by atoms with Crippen LogP contribution in [0.25, 0.3) is 0 Å². The Morgan fingerprint density at radius 3 is 2.52 bits per heavy atom. The molecule has 0 aliphatic rings. The molecule has 21 heavy (non-hydrogen) atoms. The van der Waals surface area contributed by atoms with Gasteiger partial charge in [0.1, 0.15) is 0 Å². The zero-order valence-electron chi connectivity index (χ0n) is 11.2. The van der Waals surface area contributed by atoms with Crippen LogP contribution in [0.4, 0.5) is 5.69 Å². The molecule has 0 amide bonds. The van der Waals surface area contributed by atoms with E-state index in [1.165, 1.54) is 24.4 Å². The topological polar surface area (TPSA) is 86.9 Å². The smallest absolute Gasteiger partial charge is 0.279 e. The quantitative estimate of drug-likeness (QED) is 0.748.